The van der Waals surface area contributed by atoms with Crippen molar-refractivity contribution in [3.63, 3.8) is 0 Å². The molecule has 3 aromatic carbocycles. The van der Waals surface area contributed by atoms with Crippen molar-refractivity contribution < 1.29 is 4.43 Å². The van der Waals surface area contributed by atoms with Crippen LogP contribution in [0.15, 0.2) is 91.0 Å². The second kappa shape index (κ2) is 11.0. The average molecular weight is 389 g/mol. The number of hydrogen-bond acceptors (Lipinski definition) is 1. The largest absolute Gasteiger partial charge is 0.404 e. The standard InChI is InChI=1S/C26H32OSi/c1-2-3-4-5-6-16-23-27-28(24-17-10-7-11-18-24,25-19-12-8-13-20-25)26-21-14-9-15-22-26/h7-15,17-22H,2-6,16,23H2,1H3. The molecule has 0 unspecified atom stereocenters. The molecule has 0 aliphatic carbocycles. The molecule has 3 aromatic rings. The number of hydrogen-bond donors (Lipinski definition) is 0. The molecule has 0 saturated heterocycles. The minimum Gasteiger partial charge on any atom is -0.404 e. The fraction of sp³-hybridized carbons (Fsp3) is 0.308. The second-order valence-electron chi connectivity index (χ2n) is 7.40. The highest BCUT2D eigenvalue weighted by molar-refractivity contribution is 7.07. The highest BCUT2D eigenvalue weighted by atomic mass is 28.4. The van der Waals surface area contributed by atoms with Gasteiger partial charge in [-0.3, -0.25) is 0 Å². The Balaban J connectivity index is 1.91. The van der Waals surface area contributed by atoms with Gasteiger partial charge in [0.25, 0.3) is 8.32 Å². The van der Waals surface area contributed by atoms with Crippen LogP contribution in [0.25, 0.3) is 0 Å². The number of rotatable bonds is 11. The summed E-state index contributed by atoms with van der Waals surface area (Å²) in [6, 6.07) is 32.5. The molecule has 0 bridgehead atoms. The zero-order chi connectivity index (χ0) is 19.5. The van der Waals surface area contributed by atoms with Gasteiger partial charge in [-0.2, -0.15) is 0 Å². The minimum absolute atomic E-state index is 0.816. The lowest BCUT2D eigenvalue weighted by molar-refractivity contribution is 0.309. The van der Waals surface area contributed by atoms with Crippen LogP contribution in [-0.4, -0.2) is 14.9 Å². The van der Waals surface area contributed by atoms with Crippen LogP contribution in [0.4, 0.5) is 0 Å². The maximum Gasteiger partial charge on any atom is 0.288 e. The third-order valence-corrected chi connectivity index (χ3v) is 9.43. The Morgan fingerprint density at radius 1 is 0.536 bits per heavy atom. The summed E-state index contributed by atoms with van der Waals surface area (Å²) in [4.78, 5) is 0. The molecule has 0 saturated carbocycles. The molecule has 0 atom stereocenters. The minimum atomic E-state index is -2.50. The van der Waals surface area contributed by atoms with Crippen LogP contribution in [0.1, 0.15) is 45.4 Å². The lowest BCUT2D eigenvalue weighted by atomic mass is 10.1. The van der Waals surface area contributed by atoms with Gasteiger partial charge in [-0.15, -0.1) is 0 Å². The molecule has 0 aromatic heterocycles. The van der Waals surface area contributed by atoms with Crippen LogP contribution in [0.5, 0.6) is 0 Å². The van der Waals surface area contributed by atoms with E-state index in [1.165, 1.54) is 47.7 Å². The van der Waals surface area contributed by atoms with Crippen LogP contribution < -0.4 is 15.6 Å². The Hall–Kier alpha value is -2.16. The summed E-state index contributed by atoms with van der Waals surface area (Å²) in [6.07, 6.45) is 7.68. The first-order valence-corrected chi connectivity index (χ1v) is 12.6. The van der Waals surface area contributed by atoms with Gasteiger partial charge in [-0.25, -0.2) is 0 Å². The van der Waals surface area contributed by atoms with Crippen molar-refractivity contribution in [3.8, 4) is 0 Å². The van der Waals surface area contributed by atoms with Crippen molar-refractivity contribution in [2.45, 2.75) is 45.4 Å². The fourth-order valence-corrected chi connectivity index (χ4v) is 7.81. The first kappa shape index (κ1) is 20.6. The van der Waals surface area contributed by atoms with Gasteiger partial charge in [0.2, 0.25) is 0 Å². The van der Waals surface area contributed by atoms with Crippen molar-refractivity contribution in [3.05, 3.63) is 91.0 Å². The van der Waals surface area contributed by atoms with Crippen LogP contribution in [0.2, 0.25) is 0 Å². The van der Waals surface area contributed by atoms with Gasteiger partial charge >= 0.3 is 0 Å². The molecule has 0 heterocycles. The quantitative estimate of drug-likeness (QED) is 0.254. The van der Waals surface area contributed by atoms with Crippen molar-refractivity contribution in [1.29, 1.82) is 0 Å². The molecule has 0 radical (unpaired) electrons. The van der Waals surface area contributed by atoms with E-state index < -0.39 is 8.32 Å². The van der Waals surface area contributed by atoms with Crippen molar-refractivity contribution in [2.24, 2.45) is 0 Å². The zero-order valence-corrected chi connectivity index (χ0v) is 18.0. The molecule has 0 N–H and O–H groups in total. The summed E-state index contributed by atoms with van der Waals surface area (Å²) in [5.41, 5.74) is 0. The van der Waals surface area contributed by atoms with Crippen molar-refractivity contribution >= 4 is 23.9 Å². The van der Waals surface area contributed by atoms with Crippen molar-refractivity contribution in [2.75, 3.05) is 6.61 Å². The molecule has 0 amide bonds. The van der Waals surface area contributed by atoms with Crippen LogP contribution >= 0.6 is 0 Å². The fourth-order valence-electron chi connectivity index (χ4n) is 3.88. The Labute approximate surface area is 171 Å². The molecule has 146 valence electrons. The maximum atomic E-state index is 6.93. The third-order valence-electron chi connectivity index (χ3n) is 5.36. The average Bonchev–Trinajstić information content (AvgIpc) is 2.78. The Bertz CT molecular complexity index is 690. The van der Waals surface area contributed by atoms with E-state index in [0.717, 1.165) is 13.0 Å². The predicted molar refractivity (Wildman–Crippen MR) is 123 cm³/mol. The molecule has 0 aliphatic heterocycles. The zero-order valence-electron chi connectivity index (χ0n) is 17.0. The van der Waals surface area contributed by atoms with E-state index in [9.17, 15) is 0 Å². The number of unbranched alkanes of at least 4 members (excludes halogenated alkanes) is 5. The maximum absolute atomic E-state index is 6.93. The van der Waals surface area contributed by atoms with Crippen molar-refractivity contribution in [1.82, 2.24) is 0 Å². The van der Waals surface area contributed by atoms with E-state index in [-0.39, 0.29) is 0 Å². The van der Waals surface area contributed by atoms with Gasteiger partial charge in [-0.05, 0) is 22.0 Å². The van der Waals surface area contributed by atoms with E-state index in [1.54, 1.807) is 0 Å². The molecule has 0 spiro atoms. The normalized spacial score (nSPS) is 11.5. The van der Waals surface area contributed by atoms with Crippen LogP contribution in [-0.2, 0) is 4.43 Å². The predicted octanol–water partition coefficient (Wildman–Crippen LogP) is 5.03. The van der Waals surface area contributed by atoms with Crippen LogP contribution in [0.3, 0.4) is 0 Å². The van der Waals surface area contributed by atoms with Gasteiger partial charge in [0, 0.05) is 6.61 Å². The summed E-state index contributed by atoms with van der Waals surface area (Å²) in [5, 5.41) is 3.95. The highest BCUT2D eigenvalue weighted by Gasteiger charge is 2.41. The summed E-state index contributed by atoms with van der Waals surface area (Å²) in [5.74, 6) is 0. The van der Waals surface area contributed by atoms with E-state index in [0.29, 0.717) is 0 Å². The smallest absolute Gasteiger partial charge is 0.288 e. The van der Waals surface area contributed by atoms with Gasteiger partial charge in [0.05, 0.1) is 0 Å². The Morgan fingerprint density at radius 2 is 0.929 bits per heavy atom. The molecular formula is C26H32OSi. The topological polar surface area (TPSA) is 9.23 Å². The molecule has 2 heteroatoms. The van der Waals surface area contributed by atoms with Gasteiger partial charge < -0.3 is 4.43 Å². The van der Waals surface area contributed by atoms with Crippen LogP contribution in [0, 0.1) is 0 Å². The van der Waals surface area contributed by atoms with E-state index >= 15 is 0 Å². The van der Waals surface area contributed by atoms with Gasteiger partial charge in [-0.1, -0.05) is 130 Å². The first-order valence-electron chi connectivity index (χ1n) is 10.7. The van der Waals surface area contributed by atoms with Gasteiger partial charge in [0.1, 0.15) is 0 Å². The van der Waals surface area contributed by atoms with E-state index in [1.807, 2.05) is 0 Å². The monoisotopic (exact) mass is 388 g/mol. The summed E-state index contributed by atoms with van der Waals surface area (Å²) in [6.45, 7) is 3.08. The van der Waals surface area contributed by atoms with E-state index in [2.05, 4.69) is 97.9 Å². The molecule has 0 fully saturated rings. The molecular weight excluding hydrogens is 356 g/mol. The molecule has 0 aliphatic rings. The second-order valence-corrected chi connectivity index (χ2v) is 10.8. The highest BCUT2D eigenvalue weighted by Crippen LogP contribution is 2.12. The Kier molecular flexibility index (Phi) is 8.07. The van der Waals surface area contributed by atoms with Gasteiger partial charge in [0.15, 0.2) is 0 Å². The molecule has 3 rings (SSSR count). The summed E-state index contributed by atoms with van der Waals surface area (Å²) in [7, 11) is -2.50. The summed E-state index contributed by atoms with van der Waals surface area (Å²) < 4.78 is 6.93. The number of benzene rings is 3. The lowest BCUT2D eigenvalue weighted by Gasteiger charge is -2.33. The summed E-state index contributed by atoms with van der Waals surface area (Å²) >= 11 is 0. The Morgan fingerprint density at radius 3 is 1.36 bits per heavy atom. The molecule has 28 heavy (non-hydrogen) atoms. The lowest BCUT2D eigenvalue weighted by Crippen LogP contribution is -2.69. The third kappa shape index (κ3) is 5.01. The first-order chi connectivity index (χ1) is 13.9. The van der Waals surface area contributed by atoms with E-state index in [4.69, 9.17) is 4.43 Å². The molecule has 1 nitrogen and oxygen atoms in total. The SMILES string of the molecule is CCCCCCCCO[Si](c1ccccc1)(c1ccccc1)c1ccccc1.